The van der Waals surface area contributed by atoms with Crippen LogP contribution in [0.5, 0.6) is 0 Å². The molecular formula is C20H19F3N4O3S. The van der Waals surface area contributed by atoms with E-state index in [1.165, 1.54) is 16.4 Å². The van der Waals surface area contributed by atoms with Crippen LogP contribution in [0.25, 0.3) is 10.9 Å². The van der Waals surface area contributed by atoms with Gasteiger partial charge in [-0.3, -0.25) is 0 Å². The van der Waals surface area contributed by atoms with Crippen molar-refractivity contribution in [3.8, 4) is 0 Å². The third-order valence-electron chi connectivity index (χ3n) is 4.86. The fraction of sp³-hybridized carbons (Fsp3) is 0.300. The Balaban J connectivity index is 1.67. The van der Waals surface area contributed by atoms with E-state index >= 15 is 0 Å². The Kier molecular flexibility index (Phi) is 5.82. The highest BCUT2D eigenvalue weighted by Gasteiger charge is 2.35. The second-order valence-corrected chi connectivity index (χ2v) is 8.79. The monoisotopic (exact) mass is 452 g/mol. The third-order valence-corrected chi connectivity index (χ3v) is 6.86. The Labute approximate surface area is 176 Å². The van der Waals surface area contributed by atoms with Gasteiger partial charge in [0.2, 0.25) is 15.8 Å². The van der Waals surface area contributed by atoms with Crippen LogP contribution >= 0.6 is 0 Å². The van der Waals surface area contributed by atoms with Gasteiger partial charge in [-0.05, 0) is 23.8 Å². The number of nitrogens with one attached hydrogen (secondary N) is 1. The summed E-state index contributed by atoms with van der Waals surface area (Å²) in [5.74, 6) is -1.28. The molecule has 1 aliphatic rings. The number of para-hydroxylation sites is 1. The third kappa shape index (κ3) is 4.48. The van der Waals surface area contributed by atoms with Crippen LogP contribution in [0.15, 0.2) is 53.4 Å². The maximum absolute atomic E-state index is 13.2. The molecule has 7 nitrogen and oxygen atoms in total. The minimum Gasteiger partial charge on any atom is -0.379 e. The molecule has 1 N–H and O–H groups in total. The number of alkyl halides is 3. The number of morpholine rings is 1. The summed E-state index contributed by atoms with van der Waals surface area (Å²) in [4.78, 5) is 7.33. The van der Waals surface area contributed by atoms with Gasteiger partial charge in [0, 0.05) is 25.0 Å². The number of hydrogen-bond donors (Lipinski definition) is 1. The Morgan fingerprint density at radius 2 is 1.68 bits per heavy atom. The van der Waals surface area contributed by atoms with Crippen molar-refractivity contribution in [2.45, 2.75) is 17.6 Å². The summed E-state index contributed by atoms with van der Waals surface area (Å²) >= 11 is 0. The van der Waals surface area contributed by atoms with Gasteiger partial charge in [-0.15, -0.1) is 0 Å². The lowest BCUT2D eigenvalue weighted by Crippen LogP contribution is -2.41. The molecule has 0 radical (unpaired) electrons. The summed E-state index contributed by atoms with van der Waals surface area (Å²) in [6, 6.07) is 12.7. The molecule has 0 atom stereocenters. The summed E-state index contributed by atoms with van der Waals surface area (Å²) in [6.45, 7) is 1.09. The van der Waals surface area contributed by atoms with Crippen molar-refractivity contribution in [2.24, 2.45) is 0 Å². The lowest BCUT2D eigenvalue weighted by molar-refractivity contribution is -0.144. The number of sulfonamides is 1. The number of benzene rings is 2. The zero-order valence-electron chi connectivity index (χ0n) is 16.3. The Morgan fingerprint density at radius 3 is 2.42 bits per heavy atom. The van der Waals surface area contributed by atoms with E-state index in [-0.39, 0.29) is 35.9 Å². The van der Waals surface area contributed by atoms with Gasteiger partial charge in [-0.25, -0.2) is 18.4 Å². The van der Waals surface area contributed by atoms with Crippen molar-refractivity contribution in [3.63, 3.8) is 0 Å². The molecule has 0 aliphatic carbocycles. The molecule has 0 unspecified atom stereocenters. The van der Waals surface area contributed by atoms with E-state index in [2.05, 4.69) is 15.3 Å². The highest BCUT2D eigenvalue weighted by Crippen LogP contribution is 2.31. The Morgan fingerprint density at radius 1 is 1.00 bits per heavy atom. The molecule has 4 rings (SSSR count). The van der Waals surface area contributed by atoms with E-state index in [0.29, 0.717) is 24.2 Å². The molecular weight excluding hydrogens is 433 g/mol. The van der Waals surface area contributed by atoms with Crippen LogP contribution in [0.3, 0.4) is 0 Å². The van der Waals surface area contributed by atoms with Crippen molar-refractivity contribution in [1.82, 2.24) is 14.3 Å². The number of hydrogen-bond acceptors (Lipinski definition) is 6. The second-order valence-electron chi connectivity index (χ2n) is 6.89. The lowest BCUT2D eigenvalue weighted by Gasteiger charge is -2.27. The molecule has 2 aromatic carbocycles. The Bertz CT molecular complexity index is 1200. The SMILES string of the molecule is O=S(=O)(c1ccccc1CNc1nc(C(F)(F)F)nc2ccccc12)N1CCOCC1. The minimum atomic E-state index is -4.71. The predicted molar refractivity (Wildman–Crippen MR) is 108 cm³/mol. The molecule has 1 aromatic heterocycles. The molecule has 31 heavy (non-hydrogen) atoms. The molecule has 1 aliphatic heterocycles. The molecule has 0 spiro atoms. The first-order valence-electron chi connectivity index (χ1n) is 9.50. The normalized spacial score (nSPS) is 15.8. The van der Waals surface area contributed by atoms with Crippen LogP contribution in [0.2, 0.25) is 0 Å². The summed E-state index contributed by atoms with van der Waals surface area (Å²) in [5, 5.41) is 3.28. The standard InChI is InChI=1S/C20H19F3N4O3S/c21-20(22,23)19-25-16-7-3-2-6-15(16)18(26-19)24-13-14-5-1-4-8-17(14)31(28,29)27-9-11-30-12-10-27/h1-8H,9-13H2,(H,24,25,26). The number of ether oxygens (including phenoxy) is 1. The minimum absolute atomic E-state index is 0.0171. The molecule has 2 heterocycles. The van der Waals surface area contributed by atoms with Crippen LogP contribution in [-0.4, -0.2) is 49.0 Å². The maximum atomic E-state index is 13.2. The quantitative estimate of drug-likeness (QED) is 0.640. The number of anilines is 1. The van der Waals surface area contributed by atoms with Crippen LogP contribution in [0.4, 0.5) is 19.0 Å². The Hall–Kier alpha value is -2.76. The second kappa shape index (κ2) is 8.40. The van der Waals surface area contributed by atoms with Crippen molar-refractivity contribution < 1.29 is 26.3 Å². The van der Waals surface area contributed by atoms with Gasteiger partial charge in [-0.2, -0.15) is 17.5 Å². The molecule has 3 aromatic rings. The fourth-order valence-electron chi connectivity index (χ4n) is 3.34. The number of halogens is 3. The zero-order valence-corrected chi connectivity index (χ0v) is 17.1. The van der Waals surface area contributed by atoms with Crippen LogP contribution in [0, 0.1) is 0 Å². The van der Waals surface area contributed by atoms with Crippen LogP contribution < -0.4 is 5.32 Å². The van der Waals surface area contributed by atoms with E-state index in [0.717, 1.165) is 0 Å². The number of aromatic nitrogens is 2. The van der Waals surface area contributed by atoms with Crippen molar-refractivity contribution in [3.05, 3.63) is 59.9 Å². The molecule has 0 amide bonds. The van der Waals surface area contributed by atoms with Gasteiger partial charge in [0.25, 0.3) is 0 Å². The summed E-state index contributed by atoms with van der Waals surface area (Å²) in [7, 11) is -3.77. The van der Waals surface area contributed by atoms with E-state index < -0.39 is 22.0 Å². The van der Waals surface area contributed by atoms with Gasteiger partial charge in [0.15, 0.2) is 0 Å². The van der Waals surface area contributed by atoms with Crippen LogP contribution in [0.1, 0.15) is 11.4 Å². The topological polar surface area (TPSA) is 84.4 Å². The summed E-state index contributed by atoms with van der Waals surface area (Å²) in [6.07, 6.45) is -4.71. The summed E-state index contributed by atoms with van der Waals surface area (Å²) in [5.41, 5.74) is 0.562. The lowest BCUT2D eigenvalue weighted by atomic mass is 10.2. The molecule has 1 saturated heterocycles. The van der Waals surface area contributed by atoms with E-state index in [9.17, 15) is 21.6 Å². The molecule has 0 bridgehead atoms. The van der Waals surface area contributed by atoms with E-state index in [4.69, 9.17) is 4.74 Å². The molecule has 0 saturated carbocycles. The first kappa shape index (κ1) is 21.5. The fourth-order valence-corrected chi connectivity index (χ4v) is 4.97. The van der Waals surface area contributed by atoms with Gasteiger partial charge in [0.05, 0.1) is 23.6 Å². The first-order chi connectivity index (χ1) is 14.8. The van der Waals surface area contributed by atoms with E-state index in [1.54, 1.807) is 36.4 Å². The molecule has 11 heteroatoms. The number of rotatable bonds is 5. The number of fused-ring (bicyclic) bond motifs is 1. The molecule has 164 valence electrons. The van der Waals surface area contributed by atoms with Gasteiger partial charge in [0.1, 0.15) is 5.82 Å². The first-order valence-corrected chi connectivity index (χ1v) is 10.9. The highest BCUT2D eigenvalue weighted by molar-refractivity contribution is 7.89. The van der Waals surface area contributed by atoms with Crippen LogP contribution in [-0.2, 0) is 27.5 Å². The van der Waals surface area contributed by atoms with Crippen molar-refractivity contribution in [1.29, 1.82) is 0 Å². The van der Waals surface area contributed by atoms with Gasteiger partial charge < -0.3 is 10.1 Å². The smallest absolute Gasteiger partial charge is 0.379 e. The van der Waals surface area contributed by atoms with Crippen molar-refractivity contribution in [2.75, 3.05) is 31.6 Å². The van der Waals surface area contributed by atoms with Crippen molar-refractivity contribution >= 4 is 26.7 Å². The average Bonchev–Trinajstić information content (AvgIpc) is 2.77. The molecule has 1 fully saturated rings. The van der Waals surface area contributed by atoms with E-state index in [1.807, 2.05) is 0 Å². The number of nitrogens with zero attached hydrogens (tertiary/aromatic N) is 3. The van der Waals surface area contributed by atoms with Gasteiger partial charge >= 0.3 is 6.18 Å². The highest BCUT2D eigenvalue weighted by atomic mass is 32.2. The van der Waals surface area contributed by atoms with Gasteiger partial charge in [-0.1, -0.05) is 30.3 Å². The maximum Gasteiger partial charge on any atom is 0.451 e. The predicted octanol–water partition coefficient (Wildman–Crippen LogP) is 3.28. The largest absolute Gasteiger partial charge is 0.451 e. The average molecular weight is 452 g/mol. The zero-order chi connectivity index (χ0) is 22.1. The summed E-state index contributed by atoms with van der Waals surface area (Å²) < 4.78 is 72.4.